The summed E-state index contributed by atoms with van der Waals surface area (Å²) in [5.74, 6) is 0.696. The van der Waals surface area contributed by atoms with Crippen LogP contribution in [0.2, 0.25) is 0 Å². The van der Waals surface area contributed by atoms with Crippen molar-refractivity contribution in [2.75, 3.05) is 51.0 Å². The molecule has 1 atom stereocenters. The van der Waals surface area contributed by atoms with E-state index >= 15 is 0 Å². The smallest absolute Gasteiger partial charge is 0.218 e. The normalized spacial score (nSPS) is 19.3. The minimum Gasteiger partial charge on any atom is -0.490 e. The topological polar surface area (TPSA) is 74.7 Å². The van der Waals surface area contributed by atoms with E-state index in [1.807, 2.05) is 72.6 Å². The fourth-order valence-electron chi connectivity index (χ4n) is 4.10. The second kappa shape index (κ2) is 11.9. The number of para-hydroxylation sites is 1. The Bertz CT molecular complexity index is 1120. The highest BCUT2D eigenvalue weighted by molar-refractivity contribution is 7.88. The van der Waals surface area contributed by atoms with Crippen molar-refractivity contribution in [3.8, 4) is 0 Å². The van der Waals surface area contributed by atoms with Crippen molar-refractivity contribution in [3.05, 3.63) is 77.7 Å². The molecule has 10 heteroatoms. The fourth-order valence-corrected chi connectivity index (χ4v) is 6.02. The summed E-state index contributed by atoms with van der Waals surface area (Å²) < 4.78 is 39.1. The Labute approximate surface area is 213 Å². The molecule has 8 nitrogen and oxygen atoms in total. The molecule has 2 aliphatic heterocycles. The summed E-state index contributed by atoms with van der Waals surface area (Å²) in [5.41, 5.74) is 2.53. The van der Waals surface area contributed by atoms with Crippen LogP contribution in [0, 0.1) is 0 Å². The third kappa shape index (κ3) is 6.38. The zero-order chi connectivity index (χ0) is 24.7. The standard InChI is InChI=1S/C25H32N4O4S2/c1-2-32-17-18-33-24-23(19-26-29(25(24)34)22-11-7-4-8-12-22)27-13-15-28(16-14-27)35(30,31)20-21-9-5-3-6-10-21/h3-12,19,25,34H,2,13-18,20H2,1H3. The Balaban J connectivity index is 1.47. The summed E-state index contributed by atoms with van der Waals surface area (Å²) in [4.78, 5) is 2.12. The van der Waals surface area contributed by atoms with Gasteiger partial charge in [0.2, 0.25) is 10.0 Å². The molecular weight excluding hydrogens is 484 g/mol. The van der Waals surface area contributed by atoms with Gasteiger partial charge in [0.1, 0.15) is 6.61 Å². The van der Waals surface area contributed by atoms with Gasteiger partial charge in [-0.05, 0) is 24.6 Å². The number of anilines is 1. The van der Waals surface area contributed by atoms with Crippen molar-refractivity contribution in [3.63, 3.8) is 0 Å². The predicted molar refractivity (Wildman–Crippen MR) is 142 cm³/mol. The van der Waals surface area contributed by atoms with Crippen LogP contribution in [0.25, 0.3) is 0 Å². The number of allylic oxidation sites excluding steroid dienone is 1. The van der Waals surface area contributed by atoms with E-state index in [4.69, 9.17) is 22.1 Å². The van der Waals surface area contributed by atoms with Crippen molar-refractivity contribution < 1.29 is 17.9 Å². The van der Waals surface area contributed by atoms with Gasteiger partial charge in [-0.3, -0.25) is 0 Å². The molecule has 2 aromatic rings. The van der Waals surface area contributed by atoms with Gasteiger partial charge in [0.25, 0.3) is 0 Å². The van der Waals surface area contributed by atoms with Gasteiger partial charge in [0.05, 0.1) is 30.0 Å². The number of hydrogen-bond donors (Lipinski definition) is 1. The highest BCUT2D eigenvalue weighted by atomic mass is 32.2. The Morgan fingerprint density at radius 3 is 2.29 bits per heavy atom. The zero-order valence-electron chi connectivity index (χ0n) is 19.9. The zero-order valence-corrected chi connectivity index (χ0v) is 21.6. The lowest BCUT2D eigenvalue weighted by molar-refractivity contribution is 0.0773. The van der Waals surface area contributed by atoms with Crippen molar-refractivity contribution in [2.24, 2.45) is 5.10 Å². The largest absolute Gasteiger partial charge is 0.490 e. The molecule has 0 spiro atoms. The number of rotatable bonds is 10. The monoisotopic (exact) mass is 516 g/mol. The van der Waals surface area contributed by atoms with Gasteiger partial charge in [-0.15, -0.1) is 12.6 Å². The molecule has 188 valence electrons. The highest BCUT2D eigenvalue weighted by Crippen LogP contribution is 2.30. The number of thiol groups is 1. The number of sulfonamides is 1. The second-order valence-electron chi connectivity index (χ2n) is 8.22. The van der Waals surface area contributed by atoms with Gasteiger partial charge in [-0.25, -0.2) is 13.4 Å². The number of ether oxygens (including phenoxy) is 2. The van der Waals surface area contributed by atoms with Gasteiger partial charge < -0.3 is 14.4 Å². The number of benzene rings is 2. The molecule has 0 saturated carbocycles. The maximum absolute atomic E-state index is 13.0. The first-order chi connectivity index (χ1) is 17.0. The van der Waals surface area contributed by atoms with Crippen LogP contribution in [-0.2, 0) is 25.2 Å². The summed E-state index contributed by atoms with van der Waals surface area (Å²) >= 11 is 4.84. The van der Waals surface area contributed by atoms with Gasteiger partial charge >= 0.3 is 0 Å². The van der Waals surface area contributed by atoms with Crippen molar-refractivity contribution >= 4 is 34.6 Å². The summed E-state index contributed by atoms with van der Waals surface area (Å²) in [7, 11) is -3.39. The second-order valence-corrected chi connectivity index (χ2v) is 10.7. The van der Waals surface area contributed by atoms with Crippen LogP contribution in [0.1, 0.15) is 12.5 Å². The molecule has 0 N–H and O–H groups in total. The molecule has 1 unspecified atom stereocenters. The highest BCUT2D eigenvalue weighted by Gasteiger charge is 2.33. The van der Waals surface area contributed by atoms with E-state index in [9.17, 15) is 8.42 Å². The molecule has 2 aromatic carbocycles. The van der Waals surface area contributed by atoms with E-state index in [0.29, 0.717) is 51.8 Å². The van der Waals surface area contributed by atoms with E-state index in [1.54, 1.807) is 10.5 Å². The lowest BCUT2D eigenvalue weighted by atomic mass is 10.2. The molecule has 1 fully saturated rings. The van der Waals surface area contributed by atoms with Crippen LogP contribution in [-0.4, -0.2) is 75.2 Å². The van der Waals surface area contributed by atoms with Crippen LogP contribution in [0.15, 0.2) is 77.2 Å². The average Bonchev–Trinajstić information content (AvgIpc) is 2.88. The number of hydrogen-bond acceptors (Lipinski definition) is 8. The molecule has 0 radical (unpaired) electrons. The molecule has 0 amide bonds. The molecule has 1 saturated heterocycles. The quantitative estimate of drug-likeness (QED) is 0.386. The minimum atomic E-state index is -3.39. The number of piperazine rings is 1. The summed E-state index contributed by atoms with van der Waals surface area (Å²) in [6.07, 6.45) is 1.78. The molecule has 0 bridgehead atoms. The van der Waals surface area contributed by atoms with Crippen molar-refractivity contribution in [1.82, 2.24) is 9.21 Å². The molecule has 0 aromatic heterocycles. The van der Waals surface area contributed by atoms with Gasteiger partial charge in [-0.2, -0.15) is 9.41 Å². The Morgan fingerprint density at radius 1 is 0.971 bits per heavy atom. The Morgan fingerprint density at radius 2 is 1.63 bits per heavy atom. The molecule has 2 heterocycles. The maximum Gasteiger partial charge on any atom is 0.218 e. The van der Waals surface area contributed by atoms with Gasteiger partial charge in [0, 0.05) is 32.8 Å². The van der Waals surface area contributed by atoms with Crippen LogP contribution < -0.4 is 5.01 Å². The SMILES string of the molecule is CCOCCOC1=C(N2CCN(S(=O)(=O)Cc3ccccc3)CC2)C=NN(c2ccccc2)C1S. The van der Waals surface area contributed by atoms with Gasteiger partial charge in [0.15, 0.2) is 11.1 Å². The molecule has 35 heavy (non-hydrogen) atoms. The van der Waals surface area contributed by atoms with E-state index in [0.717, 1.165) is 16.9 Å². The summed E-state index contributed by atoms with van der Waals surface area (Å²) in [6, 6.07) is 19.1. The molecule has 4 rings (SSSR count). The first kappa shape index (κ1) is 25.6. The Kier molecular flexibility index (Phi) is 8.72. The van der Waals surface area contributed by atoms with Gasteiger partial charge in [-0.1, -0.05) is 48.5 Å². The van der Waals surface area contributed by atoms with E-state index in [-0.39, 0.29) is 5.75 Å². The minimum absolute atomic E-state index is 0.00847. The lowest BCUT2D eigenvalue weighted by Crippen LogP contribution is -2.50. The first-order valence-electron chi connectivity index (χ1n) is 11.8. The molecule has 2 aliphatic rings. The van der Waals surface area contributed by atoms with Crippen molar-refractivity contribution in [1.29, 1.82) is 0 Å². The fraction of sp³-hybridized carbons (Fsp3) is 0.400. The molecular formula is C25H32N4O4S2. The average molecular weight is 517 g/mol. The van der Waals surface area contributed by atoms with E-state index in [2.05, 4.69) is 10.0 Å². The molecule has 0 aliphatic carbocycles. The third-order valence-electron chi connectivity index (χ3n) is 5.90. The summed E-state index contributed by atoms with van der Waals surface area (Å²) in [6.45, 7) is 5.32. The predicted octanol–water partition coefficient (Wildman–Crippen LogP) is 3.16. The first-order valence-corrected chi connectivity index (χ1v) is 13.9. The lowest BCUT2D eigenvalue weighted by Gasteiger charge is -2.39. The third-order valence-corrected chi connectivity index (χ3v) is 8.20. The van der Waals surface area contributed by atoms with Crippen LogP contribution in [0.3, 0.4) is 0 Å². The van der Waals surface area contributed by atoms with E-state index in [1.165, 1.54) is 0 Å². The van der Waals surface area contributed by atoms with Crippen LogP contribution in [0.4, 0.5) is 5.69 Å². The van der Waals surface area contributed by atoms with Crippen LogP contribution in [0.5, 0.6) is 0 Å². The number of nitrogens with zero attached hydrogens (tertiary/aromatic N) is 4. The summed E-state index contributed by atoms with van der Waals surface area (Å²) in [5, 5.41) is 6.04. The van der Waals surface area contributed by atoms with Crippen molar-refractivity contribution in [2.45, 2.75) is 18.1 Å². The Hall–Kier alpha value is -2.53. The number of hydrazone groups is 1. The van der Waals surface area contributed by atoms with Crippen LogP contribution >= 0.6 is 12.6 Å². The van der Waals surface area contributed by atoms with E-state index < -0.39 is 15.4 Å². The maximum atomic E-state index is 13.0.